The van der Waals surface area contributed by atoms with E-state index in [2.05, 4.69) is 40.0 Å². The highest BCUT2D eigenvalue weighted by molar-refractivity contribution is 9.10. The lowest BCUT2D eigenvalue weighted by Gasteiger charge is -2.18. The summed E-state index contributed by atoms with van der Waals surface area (Å²) in [6, 6.07) is 5.07. The van der Waals surface area contributed by atoms with E-state index in [-0.39, 0.29) is 5.82 Å². The maximum absolute atomic E-state index is 13.6. The number of hydrogen-bond donors (Lipinski definition) is 1. The highest BCUT2D eigenvalue weighted by atomic mass is 79.9. The second kappa shape index (κ2) is 7.87. The minimum Gasteiger partial charge on any atom is -0.315 e. The second-order valence-electron chi connectivity index (χ2n) is 5.07. The first kappa shape index (κ1) is 15.6. The lowest BCUT2D eigenvalue weighted by atomic mass is 10.2. The van der Waals surface area contributed by atoms with Gasteiger partial charge in [-0.15, -0.1) is 0 Å². The second-order valence-corrected chi connectivity index (χ2v) is 5.99. The zero-order valence-electron chi connectivity index (χ0n) is 11.3. The van der Waals surface area contributed by atoms with Gasteiger partial charge in [0.05, 0.1) is 0 Å². The fraction of sp³-hybridized carbons (Fsp3) is 0.571. The van der Waals surface area contributed by atoms with Gasteiger partial charge in [0, 0.05) is 29.7 Å². The summed E-state index contributed by atoms with van der Waals surface area (Å²) in [4.78, 5) is 2.12. The van der Waals surface area contributed by atoms with Gasteiger partial charge in [0.1, 0.15) is 5.82 Å². The maximum Gasteiger partial charge on any atom is 0.127 e. The first-order valence-corrected chi connectivity index (χ1v) is 7.11. The Balaban J connectivity index is 2.35. The van der Waals surface area contributed by atoms with Crippen molar-refractivity contribution in [2.45, 2.75) is 20.4 Å². The van der Waals surface area contributed by atoms with Gasteiger partial charge in [0.15, 0.2) is 0 Å². The molecule has 4 heteroatoms. The SMILES string of the molecule is CC(C)CNCCN(C)Cc1cc(Br)ccc1F. The third kappa shape index (κ3) is 5.94. The maximum atomic E-state index is 13.6. The lowest BCUT2D eigenvalue weighted by molar-refractivity contribution is 0.316. The van der Waals surface area contributed by atoms with Gasteiger partial charge in [-0.3, -0.25) is 0 Å². The van der Waals surface area contributed by atoms with Gasteiger partial charge < -0.3 is 10.2 Å². The molecule has 0 aliphatic rings. The van der Waals surface area contributed by atoms with E-state index in [9.17, 15) is 4.39 Å². The standard InChI is InChI=1S/C14H22BrFN2/c1-11(2)9-17-6-7-18(3)10-12-8-13(15)4-5-14(12)16/h4-5,8,11,17H,6-7,9-10H2,1-3H3. The molecule has 1 rings (SSSR count). The fourth-order valence-corrected chi connectivity index (χ4v) is 2.10. The molecule has 0 amide bonds. The first-order chi connectivity index (χ1) is 8.49. The van der Waals surface area contributed by atoms with Crippen LogP contribution < -0.4 is 5.32 Å². The predicted molar refractivity (Wildman–Crippen MR) is 78.1 cm³/mol. The van der Waals surface area contributed by atoms with Gasteiger partial charge in [0.2, 0.25) is 0 Å². The molecule has 0 heterocycles. The van der Waals surface area contributed by atoms with Crippen LogP contribution in [0.2, 0.25) is 0 Å². The van der Waals surface area contributed by atoms with Crippen LogP contribution in [0.4, 0.5) is 4.39 Å². The first-order valence-electron chi connectivity index (χ1n) is 6.32. The van der Waals surface area contributed by atoms with Crippen molar-refractivity contribution in [3.05, 3.63) is 34.1 Å². The van der Waals surface area contributed by atoms with E-state index in [4.69, 9.17) is 0 Å². The summed E-state index contributed by atoms with van der Waals surface area (Å²) >= 11 is 3.37. The molecule has 0 saturated heterocycles. The van der Waals surface area contributed by atoms with Crippen molar-refractivity contribution in [1.82, 2.24) is 10.2 Å². The quantitative estimate of drug-likeness (QED) is 0.777. The Kier molecular flexibility index (Phi) is 6.82. The zero-order chi connectivity index (χ0) is 13.5. The average Bonchev–Trinajstić information content (AvgIpc) is 2.29. The van der Waals surface area contributed by atoms with Crippen molar-refractivity contribution in [1.29, 1.82) is 0 Å². The van der Waals surface area contributed by atoms with Crippen LogP contribution in [-0.2, 0) is 6.54 Å². The molecule has 0 aliphatic heterocycles. The van der Waals surface area contributed by atoms with Crippen molar-refractivity contribution < 1.29 is 4.39 Å². The molecule has 0 saturated carbocycles. The van der Waals surface area contributed by atoms with Gasteiger partial charge in [-0.1, -0.05) is 29.8 Å². The van der Waals surface area contributed by atoms with Crippen LogP contribution in [0.25, 0.3) is 0 Å². The van der Waals surface area contributed by atoms with E-state index in [0.29, 0.717) is 12.5 Å². The van der Waals surface area contributed by atoms with Crippen LogP contribution in [0.3, 0.4) is 0 Å². The molecule has 2 nitrogen and oxygen atoms in total. The van der Waals surface area contributed by atoms with Gasteiger partial charge in [-0.05, 0) is 37.7 Å². The van der Waals surface area contributed by atoms with Gasteiger partial charge in [0.25, 0.3) is 0 Å². The number of halogens is 2. The summed E-state index contributed by atoms with van der Waals surface area (Å²) in [5, 5.41) is 3.38. The highest BCUT2D eigenvalue weighted by Gasteiger charge is 2.06. The Morgan fingerprint density at radius 2 is 2.11 bits per heavy atom. The largest absolute Gasteiger partial charge is 0.315 e. The van der Waals surface area contributed by atoms with Crippen molar-refractivity contribution in [2.75, 3.05) is 26.7 Å². The zero-order valence-corrected chi connectivity index (χ0v) is 12.9. The van der Waals surface area contributed by atoms with E-state index < -0.39 is 0 Å². The van der Waals surface area contributed by atoms with E-state index in [1.54, 1.807) is 6.07 Å². The average molecular weight is 317 g/mol. The molecule has 0 unspecified atom stereocenters. The molecule has 0 atom stereocenters. The molecule has 1 aromatic carbocycles. The van der Waals surface area contributed by atoms with Crippen LogP contribution in [0.15, 0.2) is 22.7 Å². The van der Waals surface area contributed by atoms with E-state index in [1.807, 2.05) is 13.1 Å². The summed E-state index contributed by atoms with van der Waals surface area (Å²) in [5.74, 6) is 0.526. The molecule has 0 aromatic heterocycles. The Morgan fingerprint density at radius 1 is 1.39 bits per heavy atom. The fourth-order valence-electron chi connectivity index (χ4n) is 1.69. The molecule has 18 heavy (non-hydrogen) atoms. The van der Waals surface area contributed by atoms with Crippen molar-refractivity contribution in [2.24, 2.45) is 5.92 Å². The van der Waals surface area contributed by atoms with Crippen LogP contribution in [0.5, 0.6) is 0 Å². The van der Waals surface area contributed by atoms with Gasteiger partial charge >= 0.3 is 0 Å². The van der Waals surface area contributed by atoms with Crippen LogP contribution in [-0.4, -0.2) is 31.6 Å². The predicted octanol–water partition coefficient (Wildman–Crippen LogP) is 3.27. The monoisotopic (exact) mass is 316 g/mol. The number of nitrogens with one attached hydrogen (secondary N) is 1. The molecule has 1 N–H and O–H groups in total. The Bertz CT molecular complexity index is 369. The van der Waals surface area contributed by atoms with E-state index >= 15 is 0 Å². The van der Waals surface area contributed by atoms with Gasteiger partial charge in [-0.2, -0.15) is 0 Å². The van der Waals surface area contributed by atoms with Crippen LogP contribution >= 0.6 is 15.9 Å². The summed E-state index contributed by atoms with van der Waals surface area (Å²) < 4.78 is 14.5. The summed E-state index contributed by atoms with van der Waals surface area (Å²) in [5.41, 5.74) is 0.732. The number of likely N-dealkylation sites (N-methyl/N-ethyl adjacent to an activating group) is 1. The molecule has 0 fully saturated rings. The number of hydrogen-bond acceptors (Lipinski definition) is 2. The third-order valence-corrected chi connectivity index (χ3v) is 3.16. The molecule has 0 radical (unpaired) electrons. The topological polar surface area (TPSA) is 15.3 Å². The molecule has 1 aromatic rings. The third-order valence-electron chi connectivity index (χ3n) is 2.67. The van der Waals surface area contributed by atoms with Crippen molar-refractivity contribution in [3.8, 4) is 0 Å². The number of nitrogens with zero attached hydrogens (tertiary/aromatic N) is 1. The normalized spacial score (nSPS) is 11.5. The molecule has 0 aliphatic carbocycles. The highest BCUT2D eigenvalue weighted by Crippen LogP contribution is 2.16. The number of benzene rings is 1. The minimum absolute atomic E-state index is 0.139. The summed E-state index contributed by atoms with van der Waals surface area (Å²) in [6.07, 6.45) is 0. The van der Waals surface area contributed by atoms with Crippen molar-refractivity contribution in [3.63, 3.8) is 0 Å². The smallest absolute Gasteiger partial charge is 0.127 e. The summed E-state index contributed by atoms with van der Waals surface area (Å²) in [7, 11) is 2.01. The summed E-state index contributed by atoms with van der Waals surface area (Å²) in [6.45, 7) is 7.89. The molecule has 102 valence electrons. The molecular weight excluding hydrogens is 295 g/mol. The molecule has 0 bridgehead atoms. The Labute approximate surface area is 118 Å². The Morgan fingerprint density at radius 3 is 2.78 bits per heavy atom. The lowest BCUT2D eigenvalue weighted by Crippen LogP contribution is -2.31. The molecular formula is C14H22BrFN2. The molecule has 0 spiro atoms. The number of rotatable bonds is 7. The van der Waals surface area contributed by atoms with Crippen LogP contribution in [0.1, 0.15) is 19.4 Å². The van der Waals surface area contributed by atoms with Crippen molar-refractivity contribution >= 4 is 15.9 Å². The van der Waals surface area contributed by atoms with E-state index in [1.165, 1.54) is 6.07 Å². The van der Waals surface area contributed by atoms with Crippen LogP contribution in [0, 0.1) is 11.7 Å². The minimum atomic E-state index is -0.139. The van der Waals surface area contributed by atoms with Gasteiger partial charge in [-0.25, -0.2) is 4.39 Å². The van der Waals surface area contributed by atoms with E-state index in [0.717, 1.165) is 29.7 Å². The Hall–Kier alpha value is -0.450.